The zero-order valence-corrected chi connectivity index (χ0v) is 16.7. The molecule has 2 radical (unpaired) electrons. The van der Waals surface area contributed by atoms with E-state index in [1.165, 1.54) is 5.56 Å². The Balaban J connectivity index is 0. The summed E-state index contributed by atoms with van der Waals surface area (Å²) in [6.07, 6.45) is 5.11. The van der Waals surface area contributed by atoms with Crippen molar-refractivity contribution in [2.24, 2.45) is 5.41 Å². The van der Waals surface area contributed by atoms with E-state index < -0.39 is 8.07 Å². The first-order valence-electron chi connectivity index (χ1n) is 7.38. The van der Waals surface area contributed by atoms with E-state index in [0.717, 1.165) is 6.42 Å². The topological polar surface area (TPSA) is 23.1 Å². The Morgan fingerprint density at radius 2 is 1.64 bits per heavy atom. The van der Waals surface area contributed by atoms with Crippen LogP contribution in [0, 0.1) is 11.8 Å². The van der Waals surface area contributed by atoms with Crippen LogP contribution in [0.5, 0.6) is 0 Å². The van der Waals surface area contributed by atoms with Gasteiger partial charge in [-0.3, -0.25) is 0 Å². The molecular formula is C18H28Li2OSi. The quantitative estimate of drug-likeness (QED) is 0.593. The number of hydrogen-bond acceptors (Lipinski definition) is 1. The molecule has 1 aromatic carbocycles. The van der Waals surface area contributed by atoms with Gasteiger partial charge in [0, 0.05) is 26.9 Å². The summed E-state index contributed by atoms with van der Waals surface area (Å²) >= 11 is 0. The van der Waals surface area contributed by atoms with Crippen LogP contribution in [-0.2, 0) is 0 Å². The molecule has 22 heavy (non-hydrogen) atoms. The molecule has 0 saturated heterocycles. The van der Waals surface area contributed by atoms with Crippen LogP contribution in [0.25, 0.3) is 0 Å². The molecule has 0 aliphatic heterocycles. The fourth-order valence-corrected chi connectivity index (χ4v) is 3.53. The second kappa shape index (κ2) is 10.1. The molecule has 0 amide bonds. The van der Waals surface area contributed by atoms with Crippen LogP contribution in [0.2, 0.25) is 25.2 Å². The summed E-state index contributed by atoms with van der Waals surface area (Å²) in [5.74, 6) is 0.252. The van der Waals surface area contributed by atoms with Gasteiger partial charge >= 0.3 is 18.9 Å². The van der Waals surface area contributed by atoms with Gasteiger partial charge in [0.2, 0.25) is 0 Å². The van der Waals surface area contributed by atoms with Crippen molar-refractivity contribution in [1.82, 2.24) is 0 Å². The summed E-state index contributed by atoms with van der Waals surface area (Å²) in [6.45, 7) is 13.0. The molecule has 0 fully saturated rings. The number of allylic oxidation sites excluding steroid dienone is 2. The minimum absolute atomic E-state index is 0. The van der Waals surface area contributed by atoms with E-state index in [4.69, 9.17) is 0 Å². The summed E-state index contributed by atoms with van der Waals surface area (Å²) in [6, 6.07) is 10.4. The first kappa shape index (κ1) is 24.4. The third-order valence-corrected chi connectivity index (χ3v) is 6.23. The molecule has 0 aliphatic carbocycles. The van der Waals surface area contributed by atoms with E-state index >= 15 is 0 Å². The minimum atomic E-state index is -1.33. The molecular weight excluding hydrogens is 274 g/mol. The van der Waals surface area contributed by atoms with Gasteiger partial charge in [-0.1, -0.05) is 76.8 Å². The Bertz CT molecular complexity index is 444. The Morgan fingerprint density at radius 3 is 2.05 bits per heavy atom. The Kier molecular flexibility index (Phi) is 11.2. The maximum absolute atomic E-state index is 12.1. The van der Waals surface area contributed by atoms with Crippen molar-refractivity contribution in [3.63, 3.8) is 0 Å². The molecule has 0 aliphatic rings. The minimum Gasteiger partial charge on any atom is -0.875 e. The predicted octanol–water partition coefficient (Wildman–Crippen LogP) is 1.25. The Labute approximate surface area is 162 Å². The van der Waals surface area contributed by atoms with Gasteiger partial charge in [0.05, 0.1) is 0 Å². The third-order valence-electron chi connectivity index (χ3n) is 3.60. The smallest absolute Gasteiger partial charge is 0.875 e. The fraction of sp³-hybridized carbons (Fsp3) is 0.500. The second-order valence-electron chi connectivity index (χ2n) is 7.60. The molecule has 0 heterocycles. The van der Waals surface area contributed by atoms with E-state index in [-0.39, 0.29) is 48.9 Å². The van der Waals surface area contributed by atoms with Gasteiger partial charge in [0.25, 0.3) is 0 Å². The van der Waals surface area contributed by atoms with Crippen molar-refractivity contribution in [3.8, 4) is 0 Å². The molecule has 1 rings (SSSR count). The predicted molar refractivity (Wildman–Crippen MR) is 94.8 cm³/mol. The Morgan fingerprint density at radius 1 is 1.14 bits per heavy atom. The van der Waals surface area contributed by atoms with Crippen molar-refractivity contribution in [3.05, 3.63) is 54.2 Å². The van der Waals surface area contributed by atoms with Crippen molar-refractivity contribution >= 4 is 26.9 Å². The summed E-state index contributed by atoms with van der Waals surface area (Å²) in [4.78, 5) is 0. The van der Waals surface area contributed by atoms with Gasteiger partial charge in [0.15, 0.2) is 0 Å². The zero-order chi connectivity index (χ0) is 15.4. The SMILES string of the molecule is CC(C)(C)/C([O-])=C/CC([CH]c1ccccc1)[Si](C)(C)C.[Li+].[Li]. The molecule has 0 bridgehead atoms. The van der Waals surface area contributed by atoms with E-state index in [1.54, 1.807) is 0 Å². The van der Waals surface area contributed by atoms with Crippen molar-refractivity contribution < 1.29 is 24.0 Å². The van der Waals surface area contributed by atoms with Crippen molar-refractivity contribution in [2.75, 3.05) is 0 Å². The van der Waals surface area contributed by atoms with Gasteiger partial charge in [-0.25, -0.2) is 0 Å². The molecule has 0 saturated carbocycles. The van der Waals surface area contributed by atoms with Crippen molar-refractivity contribution in [2.45, 2.75) is 52.4 Å². The molecule has 112 valence electrons. The molecule has 4 heteroatoms. The van der Waals surface area contributed by atoms with Gasteiger partial charge in [-0.2, -0.15) is 0 Å². The van der Waals surface area contributed by atoms with E-state index in [9.17, 15) is 5.11 Å². The van der Waals surface area contributed by atoms with Crippen LogP contribution in [0.3, 0.4) is 0 Å². The first-order chi connectivity index (χ1) is 9.10. The zero-order valence-electron chi connectivity index (χ0n) is 15.7. The van der Waals surface area contributed by atoms with Gasteiger partial charge in [0.1, 0.15) is 0 Å². The molecule has 1 aromatic rings. The summed E-state index contributed by atoms with van der Waals surface area (Å²) in [7, 11) is -1.33. The summed E-state index contributed by atoms with van der Waals surface area (Å²) in [5, 5.41) is 12.1. The normalized spacial score (nSPS) is 13.8. The first-order valence-corrected chi connectivity index (χ1v) is 11.0. The third kappa shape index (κ3) is 8.71. The fourth-order valence-electron chi connectivity index (χ4n) is 2.01. The van der Waals surface area contributed by atoms with E-state index in [0.29, 0.717) is 5.54 Å². The maximum Gasteiger partial charge on any atom is 1.00 e. The Hall–Kier alpha value is 0.172. The van der Waals surface area contributed by atoms with Crippen molar-refractivity contribution in [1.29, 1.82) is 0 Å². The van der Waals surface area contributed by atoms with Gasteiger partial charge < -0.3 is 5.11 Å². The monoisotopic (exact) mass is 302 g/mol. The number of benzene rings is 1. The van der Waals surface area contributed by atoms with Crippen LogP contribution in [0.15, 0.2) is 42.2 Å². The average Bonchev–Trinajstić information content (AvgIpc) is 2.32. The average molecular weight is 302 g/mol. The van der Waals surface area contributed by atoms with Crippen LogP contribution in [0.1, 0.15) is 32.8 Å². The van der Waals surface area contributed by atoms with Crippen LogP contribution in [-0.4, -0.2) is 26.9 Å². The second-order valence-corrected chi connectivity index (χ2v) is 13.1. The van der Waals surface area contributed by atoms with Crippen LogP contribution < -0.4 is 24.0 Å². The summed E-state index contributed by atoms with van der Waals surface area (Å²) in [5.41, 5.74) is 1.49. The molecule has 1 atom stereocenters. The van der Waals surface area contributed by atoms with E-state index in [1.807, 2.05) is 32.9 Å². The summed E-state index contributed by atoms with van der Waals surface area (Å²) < 4.78 is 0. The molecule has 0 spiro atoms. The standard InChI is InChI=1S/C18H29OSi.2Li/c1-18(2,3)17(19)13-12-16(20(4,5)6)14-15-10-8-7-9-11-15;;/h7-11,13-14,16,19H,12H2,1-6H3;;/q;;+1/p-1/b17-13-;;. The van der Waals surface area contributed by atoms with Gasteiger partial charge in [-0.15, -0.1) is 5.76 Å². The molecule has 1 nitrogen and oxygen atoms in total. The molecule has 0 N–H and O–H groups in total. The largest absolute Gasteiger partial charge is 1.00 e. The number of rotatable bonds is 5. The molecule has 0 aromatic heterocycles. The van der Waals surface area contributed by atoms with Crippen LogP contribution >= 0.6 is 0 Å². The van der Waals surface area contributed by atoms with Gasteiger partial charge in [-0.05, 0) is 29.4 Å². The number of hydrogen-bond donors (Lipinski definition) is 0. The van der Waals surface area contributed by atoms with E-state index in [2.05, 4.69) is 50.3 Å². The van der Waals surface area contributed by atoms with Crippen LogP contribution in [0.4, 0.5) is 0 Å². The molecule has 1 unspecified atom stereocenters. The maximum atomic E-state index is 12.1.